The predicted molar refractivity (Wildman–Crippen MR) is 127 cm³/mol. The van der Waals surface area contributed by atoms with E-state index in [9.17, 15) is 14.4 Å². The number of ether oxygens (including phenoxy) is 1. The lowest BCUT2D eigenvalue weighted by atomic mass is 10.2. The van der Waals surface area contributed by atoms with Crippen LogP contribution in [0.3, 0.4) is 0 Å². The number of anilines is 2. The molecule has 1 heterocycles. The summed E-state index contributed by atoms with van der Waals surface area (Å²) >= 11 is 6.26. The van der Waals surface area contributed by atoms with Gasteiger partial charge in [-0.1, -0.05) is 31.5 Å². The summed E-state index contributed by atoms with van der Waals surface area (Å²) in [5.41, 5.74) is 1.62. The zero-order chi connectivity index (χ0) is 24.6. The highest BCUT2D eigenvalue weighted by atomic mass is 35.5. The van der Waals surface area contributed by atoms with Crippen molar-refractivity contribution in [2.24, 2.45) is 14.1 Å². The molecular formula is C22H33ClN4O5. The van der Waals surface area contributed by atoms with Gasteiger partial charge in [-0.05, 0) is 45.4 Å². The summed E-state index contributed by atoms with van der Waals surface area (Å²) in [6.07, 6.45) is 0. The minimum absolute atomic E-state index is 0.000828. The summed E-state index contributed by atoms with van der Waals surface area (Å²) in [5, 5.41) is 3.30. The fraction of sp³-hybridized carbons (Fsp3) is 0.500. The molecule has 0 fully saturated rings. The first-order valence-corrected chi connectivity index (χ1v) is 10.7. The lowest BCUT2D eigenvalue weighted by Crippen LogP contribution is -2.43. The molecule has 0 aliphatic heterocycles. The van der Waals surface area contributed by atoms with Gasteiger partial charge in [0.1, 0.15) is 11.4 Å². The van der Waals surface area contributed by atoms with E-state index in [2.05, 4.69) is 10.8 Å². The van der Waals surface area contributed by atoms with Crippen LogP contribution in [0.1, 0.15) is 50.5 Å². The molecule has 2 aromatic rings. The zero-order valence-electron chi connectivity index (χ0n) is 20.0. The maximum atomic E-state index is 12.7. The molecule has 0 aliphatic rings. The van der Waals surface area contributed by atoms with Crippen LogP contribution in [-0.2, 0) is 23.7 Å². The van der Waals surface area contributed by atoms with Crippen molar-refractivity contribution in [1.82, 2.24) is 14.6 Å². The quantitative estimate of drug-likeness (QED) is 0.477. The first kappa shape index (κ1) is 27.4. The Hall–Kier alpha value is -2.62. The maximum absolute atomic E-state index is 12.7. The van der Waals surface area contributed by atoms with E-state index < -0.39 is 17.2 Å². The fourth-order valence-corrected chi connectivity index (χ4v) is 2.88. The van der Waals surface area contributed by atoms with Gasteiger partial charge < -0.3 is 10.1 Å². The monoisotopic (exact) mass is 468 g/mol. The highest BCUT2D eigenvalue weighted by molar-refractivity contribution is 6.33. The molecule has 32 heavy (non-hydrogen) atoms. The molecule has 1 aromatic heterocycles. The van der Waals surface area contributed by atoms with Crippen LogP contribution in [0.5, 0.6) is 0 Å². The molecule has 0 unspecified atom stereocenters. The first-order valence-electron chi connectivity index (χ1n) is 10.3. The number of hydroxylamine groups is 1. The van der Waals surface area contributed by atoms with Crippen LogP contribution in [0.2, 0.25) is 5.02 Å². The molecule has 1 amide bonds. The first-order chi connectivity index (χ1) is 14.9. The topological polar surface area (TPSA) is 104 Å². The van der Waals surface area contributed by atoms with Crippen LogP contribution < -0.4 is 22.0 Å². The van der Waals surface area contributed by atoms with Crippen molar-refractivity contribution in [3.05, 3.63) is 55.2 Å². The highest BCUT2D eigenvalue weighted by Gasteiger charge is 2.23. The van der Waals surface area contributed by atoms with Crippen LogP contribution in [0, 0.1) is 6.92 Å². The Morgan fingerprint density at radius 1 is 1.09 bits per heavy atom. The molecule has 0 spiro atoms. The summed E-state index contributed by atoms with van der Waals surface area (Å²) in [5.74, 6) is -0.798. The lowest BCUT2D eigenvalue weighted by Gasteiger charge is -2.19. The average molecular weight is 469 g/mol. The van der Waals surface area contributed by atoms with E-state index in [1.807, 2.05) is 47.6 Å². The van der Waals surface area contributed by atoms with E-state index in [1.165, 1.54) is 14.1 Å². The van der Waals surface area contributed by atoms with Gasteiger partial charge in [0, 0.05) is 14.1 Å². The molecule has 0 atom stereocenters. The van der Waals surface area contributed by atoms with Gasteiger partial charge in [0.15, 0.2) is 0 Å². The van der Waals surface area contributed by atoms with Crippen molar-refractivity contribution in [2.75, 3.05) is 18.5 Å². The van der Waals surface area contributed by atoms with Gasteiger partial charge >= 0.3 is 5.69 Å². The van der Waals surface area contributed by atoms with E-state index >= 15 is 0 Å². The Bertz CT molecular complexity index is 1050. The molecule has 0 saturated heterocycles. The summed E-state index contributed by atoms with van der Waals surface area (Å²) in [4.78, 5) is 42.9. The van der Waals surface area contributed by atoms with Gasteiger partial charge in [0.25, 0.3) is 11.5 Å². The molecule has 9 nitrogen and oxygen atoms in total. The normalized spacial score (nSPS) is 10.9. The number of aromatic nitrogens is 2. The predicted octanol–water partition coefficient (Wildman–Crippen LogP) is 3.29. The van der Waals surface area contributed by atoms with Crippen LogP contribution in [0.25, 0.3) is 0 Å². The van der Waals surface area contributed by atoms with Crippen LogP contribution >= 0.6 is 11.6 Å². The van der Waals surface area contributed by atoms with Crippen molar-refractivity contribution in [3.63, 3.8) is 0 Å². The number of nitrogens with one attached hydrogen (secondary N) is 2. The highest BCUT2D eigenvalue weighted by Crippen LogP contribution is 2.26. The van der Waals surface area contributed by atoms with Crippen molar-refractivity contribution < 1.29 is 14.4 Å². The number of nitrogens with zero attached hydrogens (tertiary/aromatic N) is 2. The minimum atomic E-state index is -0.798. The Balaban J connectivity index is 0.00000249. The smallest absolute Gasteiger partial charge is 0.332 e. The molecule has 0 bridgehead atoms. The molecule has 0 aliphatic carbocycles. The average Bonchev–Trinajstić information content (AvgIpc) is 2.72. The molecule has 0 radical (unpaired) electrons. The van der Waals surface area contributed by atoms with Gasteiger partial charge in [-0.2, -0.15) is 0 Å². The molecule has 2 rings (SSSR count). The van der Waals surface area contributed by atoms with Gasteiger partial charge in [0.05, 0.1) is 29.5 Å². The van der Waals surface area contributed by atoms with Crippen molar-refractivity contribution >= 4 is 29.0 Å². The minimum Gasteiger partial charge on any atom is -0.373 e. The fourth-order valence-electron chi connectivity index (χ4n) is 2.60. The number of hydrogen-bond donors (Lipinski definition) is 2. The van der Waals surface area contributed by atoms with Gasteiger partial charge in [-0.3, -0.25) is 23.6 Å². The number of carbonyl (C=O) groups is 1. The molecule has 0 saturated carbocycles. The Morgan fingerprint density at radius 3 is 2.28 bits per heavy atom. The van der Waals surface area contributed by atoms with Crippen molar-refractivity contribution in [2.45, 2.75) is 47.1 Å². The third-order valence-corrected chi connectivity index (χ3v) is 4.47. The number of amides is 1. The van der Waals surface area contributed by atoms with E-state index in [4.69, 9.17) is 21.2 Å². The second kappa shape index (κ2) is 11.8. The van der Waals surface area contributed by atoms with Crippen LogP contribution in [0.15, 0.2) is 27.8 Å². The Labute approximate surface area is 193 Å². The van der Waals surface area contributed by atoms with E-state index in [0.29, 0.717) is 10.7 Å². The largest absolute Gasteiger partial charge is 0.373 e. The summed E-state index contributed by atoms with van der Waals surface area (Å²) in [6, 6.07) is 5.23. The van der Waals surface area contributed by atoms with E-state index in [-0.39, 0.29) is 30.2 Å². The molecular weight excluding hydrogens is 436 g/mol. The zero-order valence-corrected chi connectivity index (χ0v) is 20.7. The third-order valence-electron chi connectivity index (χ3n) is 4.15. The molecule has 10 heteroatoms. The SMILES string of the molecule is CC.Cc1ccc(Nc2c(C(=O)NOCCOC(C)(C)C)c(=O)n(C)c(=O)n2C)c(Cl)c1. The van der Waals surface area contributed by atoms with Crippen molar-refractivity contribution in [1.29, 1.82) is 0 Å². The van der Waals surface area contributed by atoms with Gasteiger partial charge in [-0.15, -0.1) is 0 Å². The number of benzene rings is 1. The number of hydrogen-bond acceptors (Lipinski definition) is 6. The Kier molecular flexibility index (Phi) is 10.1. The van der Waals surface area contributed by atoms with E-state index in [0.717, 1.165) is 14.7 Å². The standard InChI is InChI=1S/C20H27ClN4O5.C2H6/c1-12-7-8-14(13(21)11-12)22-16-15(18(27)25(6)19(28)24(16)5)17(26)23-30-10-9-29-20(2,3)4;1-2/h7-8,11,22H,9-10H2,1-6H3,(H,23,26);1-2H3. The summed E-state index contributed by atoms with van der Waals surface area (Å²) in [7, 11) is 2.74. The molecule has 2 N–H and O–H groups in total. The second-order valence-electron chi connectivity index (χ2n) is 7.78. The second-order valence-corrected chi connectivity index (χ2v) is 8.19. The number of halogens is 1. The number of carbonyl (C=O) groups excluding carboxylic acids is 1. The third kappa shape index (κ3) is 7.22. The van der Waals surface area contributed by atoms with Gasteiger partial charge in [-0.25, -0.2) is 10.3 Å². The van der Waals surface area contributed by atoms with E-state index in [1.54, 1.807) is 12.1 Å². The molecule has 178 valence electrons. The van der Waals surface area contributed by atoms with Crippen LogP contribution in [-0.4, -0.2) is 33.9 Å². The number of aryl methyl sites for hydroxylation is 1. The van der Waals surface area contributed by atoms with Crippen molar-refractivity contribution in [3.8, 4) is 0 Å². The Morgan fingerprint density at radius 2 is 1.72 bits per heavy atom. The summed E-state index contributed by atoms with van der Waals surface area (Å²) in [6.45, 7) is 11.9. The number of rotatable bonds is 7. The van der Waals surface area contributed by atoms with Gasteiger partial charge in [0.2, 0.25) is 0 Å². The maximum Gasteiger partial charge on any atom is 0.332 e. The lowest BCUT2D eigenvalue weighted by molar-refractivity contribution is -0.0511. The summed E-state index contributed by atoms with van der Waals surface area (Å²) < 4.78 is 7.51. The molecule has 1 aromatic carbocycles. The van der Waals surface area contributed by atoms with Crippen LogP contribution in [0.4, 0.5) is 11.5 Å².